The molecule has 0 saturated heterocycles. The predicted molar refractivity (Wildman–Crippen MR) is 166 cm³/mol. The Morgan fingerprint density at radius 2 is 1.71 bits per heavy atom. The number of hydrogen-bond donors (Lipinski definition) is 1. The van der Waals surface area contributed by atoms with E-state index in [9.17, 15) is 18.0 Å². The quantitative estimate of drug-likeness (QED) is 0.270. The Kier molecular flexibility index (Phi) is 10.5. The zero-order chi connectivity index (χ0) is 29.6. The van der Waals surface area contributed by atoms with Crippen LogP contribution in [0.2, 0.25) is 5.02 Å². The van der Waals surface area contributed by atoms with Crippen molar-refractivity contribution in [3.05, 3.63) is 93.4 Å². The molecule has 41 heavy (non-hydrogen) atoms. The molecule has 0 aromatic heterocycles. The van der Waals surface area contributed by atoms with E-state index in [0.717, 1.165) is 52.0 Å². The number of sulfonamides is 1. The largest absolute Gasteiger partial charge is 0.352 e. The first-order chi connectivity index (χ1) is 19.6. The summed E-state index contributed by atoms with van der Waals surface area (Å²) in [5, 5.41) is 3.50. The molecule has 4 rings (SSSR count). The molecule has 1 fully saturated rings. The molecule has 1 saturated carbocycles. The second kappa shape index (κ2) is 13.9. The van der Waals surface area contributed by atoms with Gasteiger partial charge >= 0.3 is 0 Å². The maximum absolute atomic E-state index is 14.1. The molecule has 2 amide bonds. The summed E-state index contributed by atoms with van der Waals surface area (Å²) in [7, 11) is -4.14. The fraction of sp³-hybridized carbons (Fsp3) is 0.355. The molecule has 0 bridgehead atoms. The van der Waals surface area contributed by atoms with E-state index in [1.165, 1.54) is 17.0 Å². The van der Waals surface area contributed by atoms with Crippen molar-refractivity contribution in [3.8, 4) is 0 Å². The highest BCUT2D eigenvalue weighted by molar-refractivity contribution is 9.10. The van der Waals surface area contributed by atoms with E-state index in [1.54, 1.807) is 43.3 Å². The van der Waals surface area contributed by atoms with Crippen molar-refractivity contribution in [2.45, 2.75) is 69.5 Å². The minimum Gasteiger partial charge on any atom is -0.352 e. The SMILES string of the molecule is Cc1ccc(N(CC(=O)N(Cc2cccc(Br)c2)[C@@H](C)C(=O)NC2CCCCC2)S(=O)(=O)c2ccccc2)cc1Cl. The summed E-state index contributed by atoms with van der Waals surface area (Å²) in [4.78, 5) is 29.0. The Bertz CT molecular complexity index is 1480. The number of aryl methyl sites for hydroxylation is 1. The Balaban J connectivity index is 1.68. The average molecular weight is 661 g/mol. The van der Waals surface area contributed by atoms with Crippen LogP contribution >= 0.6 is 27.5 Å². The second-order valence-corrected chi connectivity index (χ2v) is 13.6. The summed E-state index contributed by atoms with van der Waals surface area (Å²) in [6.45, 7) is 3.13. The van der Waals surface area contributed by atoms with Gasteiger partial charge in [-0.3, -0.25) is 13.9 Å². The summed E-state index contributed by atoms with van der Waals surface area (Å²) >= 11 is 9.86. The smallest absolute Gasteiger partial charge is 0.264 e. The van der Waals surface area contributed by atoms with Gasteiger partial charge in [0.25, 0.3) is 10.0 Å². The first-order valence-electron chi connectivity index (χ1n) is 13.7. The summed E-state index contributed by atoms with van der Waals surface area (Å²) in [6, 6.07) is 19.6. The summed E-state index contributed by atoms with van der Waals surface area (Å²) in [5.74, 6) is -0.761. The summed E-state index contributed by atoms with van der Waals surface area (Å²) < 4.78 is 29.7. The monoisotopic (exact) mass is 659 g/mol. The molecular formula is C31H35BrClN3O4S. The van der Waals surface area contributed by atoms with Gasteiger partial charge in [0.1, 0.15) is 12.6 Å². The van der Waals surface area contributed by atoms with Crippen LogP contribution in [0.3, 0.4) is 0 Å². The lowest BCUT2D eigenvalue weighted by Gasteiger charge is -2.33. The van der Waals surface area contributed by atoms with E-state index < -0.39 is 28.5 Å². The van der Waals surface area contributed by atoms with Crippen LogP contribution in [0.5, 0.6) is 0 Å². The normalized spacial score (nSPS) is 14.7. The fourth-order valence-corrected chi connectivity index (χ4v) is 7.02. The number of halogens is 2. The summed E-state index contributed by atoms with van der Waals surface area (Å²) in [6.07, 6.45) is 5.10. The molecule has 218 valence electrons. The third kappa shape index (κ3) is 7.90. The van der Waals surface area contributed by atoms with Crippen LogP contribution < -0.4 is 9.62 Å². The van der Waals surface area contributed by atoms with Gasteiger partial charge in [0.2, 0.25) is 11.8 Å². The number of carbonyl (C=O) groups excluding carboxylic acids is 2. The molecule has 10 heteroatoms. The van der Waals surface area contributed by atoms with Crippen molar-refractivity contribution in [1.82, 2.24) is 10.2 Å². The molecule has 3 aromatic carbocycles. The highest BCUT2D eigenvalue weighted by Gasteiger charge is 2.33. The van der Waals surface area contributed by atoms with Gasteiger partial charge in [0.15, 0.2) is 0 Å². The number of nitrogens with one attached hydrogen (secondary N) is 1. The van der Waals surface area contributed by atoms with E-state index in [2.05, 4.69) is 21.2 Å². The third-order valence-electron chi connectivity index (χ3n) is 7.41. The molecule has 1 atom stereocenters. The van der Waals surface area contributed by atoms with Gasteiger partial charge in [-0.2, -0.15) is 0 Å². The van der Waals surface area contributed by atoms with Gasteiger partial charge in [-0.15, -0.1) is 0 Å². The van der Waals surface area contributed by atoms with Gasteiger partial charge in [0, 0.05) is 22.1 Å². The number of anilines is 1. The Morgan fingerprint density at radius 1 is 1.00 bits per heavy atom. The van der Waals surface area contributed by atoms with Crippen LogP contribution in [0, 0.1) is 6.92 Å². The first kappa shape index (κ1) is 31.1. The molecule has 1 aliphatic rings. The van der Waals surface area contributed by atoms with Crippen molar-refractivity contribution in [3.63, 3.8) is 0 Å². The number of benzene rings is 3. The molecule has 0 spiro atoms. The van der Waals surface area contributed by atoms with Crippen molar-refractivity contribution in [2.24, 2.45) is 0 Å². The van der Waals surface area contributed by atoms with Crippen LogP contribution in [0.25, 0.3) is 0 Å². The Morgan fingerprint density at radius 3 is 2.37 bits per heavy atom. The predicted octanol–water partition coefficient (Wildman–Crippen LogP) is 6.47. The number of hydrogen-bond acceptors (Lipinski definition) is 4. The van der Waals surface area contributed by atoms with Crippen LogP contribution in [0.4, 0.5) is 5.69 Å². The maximum atomic E-state index is 14.1. The van der Waals surface area contributed by atoms with Gasteiger partial charge < -0.3 is 10.2 Å². The number of carbonyl (C=O) groups is 2. The molecule has 0 aliphatic heterocycles. The molecule has 1 N–H and O–H groups in total. The van der Waals surface area contributed by atoms with E-state index in [1.807, 2.05) is 31.2 Å². The van der Waals surface area contributed by atoms with Crippen molar-refractivity contribution < 1.29 is 18.0 Å². The van der Waals surface area contributed by atoms with E-state index >= 15 is 0 Å². The number of amides is 2. The lowest BCUT2D eigenvalue weighted by Crippen LogP contribution is -2.53. The molecule has 1 aliphatic carbocycles. The van der Waals surface area contributed by atoms with Crippen molar-refractivity contribution >= 4 is 55.1 Å². The van der Waals surface area contributed by atoms with E-state index in [-0.39, 0.29) is 29.1 Å². The molecule has 0 heterocycles. The molecular weight excluding hydrogens is 626 g/mol. The van der Waals surface area contributed by atoms with Crippen LogP contribution in [-0.2, 0) is 26.2 Å². The number of rotatable bonds is 10. The fourth-order valence-electron chi connectivity index (χ4n) is 4.97. The molecule has 0 radical (unpaired) electrons. The standard InChI is InChI=1S/C31H35BrClN3O4S/c1-22-16-17-27(19-29(22)33)36(41(39,40)28-14-7-4-8-15-28)21-30(37)35(20-24-10-9-11-25(32)18-24)23(2)31(38)34-26-12-5-3-6-13-26/h4,7-11,14-19,23,26H,3,5-6,12-13,20-21H2,1-2H3,(H,34,38)/t23-/m0/s1. The lowest BCUT2D eigenvalue weighted by atomic mass is 9.95. The number of nitrogens with zero attached hydrogens (tertiary/aromatic N) is 2. The molecule has 7 nitrogen and oxygen atoms in total. The van der Waals surface area contributed by atoms with Crippen molar-refractivity contribution in [1.29, 1.82) is 0 Å². The zero-order valence-electron chi connectivity index (χ0n) is 23.2. The van der Waals surface area contributed by atoms with Crippen LogP contribution in [-0.4, -0.2) is 43.8 Å². The molecule has 3 aromatic rings. The maximum Gasteiger partial charge on any atom is 0.264 e. The van der Waals surface area contributed by atoms with Gasteiger partial charge in [-0.1, -0.05) is 83.2 Å². The molecule has 0 unspecified atom stereocenters. The van der Waals surface area contributed by atoms with Crippen LogP contribution in [0.15, 0.2) is 82.2 Å². The van der Waals surface area contributed by atoms with Gasteiger partial charge in [-0.05, 0) is 74.2 Å². The van der Waals surface area contributed by atoms with E-state index in [4.69, 9.17) is 11.6 Å². The van der Waals surface area contributed by atoms with Crippen LogP contribution in [0.1, 0.15) is 50.2 Å². The highest BCUT2D eigenvalue weighted by atomic mass is 79.9. The average Bonchev–Trinajstić information content (AvgIpc) is 2.96. The lowest BCUT2D eigenvalue weighted by molar-refractivity contribution is -0.139. The third-order valence-corrected chi connectivity index (χ3v) is 10.1. The topological polar surface area (TPSA) is 86.8 Å². The summed E-state index contributed by atoms with van der Waals surface area (Å²) in [5.41, 5.74) is 1.85. The minimum absolute atomic E-state index is 0.0473. The van der Waals surface area contributed by atoms with Gasteiger partial charge in [0.05, 0.1) is 10.6 Å². The Hall–Kier alpha value is -2.88. The second-order valence-electron chi connectivity index (χ2n) is 10.4. The first-order valence-corrected chi connectivity index (χ1v) is 16.4. The highest BCUT2D eigenvalue weighted by Crippen LogP contribution is 2.29. The van der Waals surface area contributed by atoms with E-state index in [0.29, 0.717) is 5.02 Å². The van der Waals surface area contributed by atoms with Gasteiger partial charge in [-0.25, -0.2) is 8.42 Å². The van der Waals surface area contributed by atoms with Crippen molar-refractivity contribution in [2.75, 3.05) is 10.8 Å². The zero-order valence-corrected chi connectivity index (χ0v) is 26.4. The minimum atomic E-state index is -4.14. The Labute approximate surface area is 256 Å².